The normalized spacial score (nSPS) is 21.9. The molecule has 4 atom stereocenters. The van der Waals surface area contributed by atoms with Gasteiger partial charge >= 0.3 is 12.1 Å². The van der Waals surface area contributed by atoms with Crippen molar-refractivity contribution >= 4 is 23.7 Å². The van der Waals surface area contributed by atoms with E-state index in [1.807, 2.05) is 36.2 Å². The van der Waals surface area contributed by atoms with Gasteiger partial charge in [-0.15, -0.1) is 0 Å². The topological polar surface area (TPSA) is 101 Å². The number of alkyl carbamates (subject to hydrolysis) is 1. The van der Waals surface area contributed by atoms with Gasteiger partial charge in [-0.3, -0.25) is 0 Å². The average Bonchev–Trinajstić information content (AvgIpc) is 2.89. The molecule has 0 radical (unpaired) electrons. The predicted octanol–water partition coefficient (Wildman–Crippen LogP) is 3.58. The number of amides is 3. The van der Waals surface area contributed by atoms with Gasteiger partial charge in [0.25, 0.3) is 0 Å². The molecule has 36 heavy (non-hydrogen) atoms. The standard InChI is InChI=1S/C26H41ClN4O5/c1-28-16-23(14-19-6-5-12-35-18-19)30-25(32)31-11-4-8-21(17-31)24(20-7-3-9-22(27)15-20)36-13-10-29-26(33)34-2/h3,7,9,15,19,21,23-24,28H,4-6,8,10-14,16-18H2,1-2H3,(H,29,33)(H,30,32)/t19-,21?,23-,24+/m1/s1. The molecule has 2 saturated heterocycles. The lowest BCUT2D eigenvalue weighted by molar-refractivity contribution is -0.00873. The van der Waals surface area contributed by atoms with Gasteiger partial charge in [-0.2, -0.15) is 0 Å². The molecule has 0 spiro atoms. The highest BCUT2D eigenvalue weighted by molar-refractivity contribution is 6.30. The summed E-state index contributed by atoms with van der Waals surface area (Å²) in [6.07, 6.45) is 4.23. The first-order valence-corrected chi connectivity index (χ1v) is 13.3. The Balaban J connectivity index is 1.62. The molecule has 0 aliphatic carbocycles. The van der Waals surface area contributed by atoms with E-state index in [1.165, 1.54) is 7.11 Å². The number of piperidine rings is 1. The van der Waals surface area contributed by atoms with Gasteiger partial charge in [0, 0.05) is 56.4 Å². The van der Waals surface area contributed by atoms with Gasteiger partial charge < -0.3 is 35.1 Å². The maximum Gasteiger partial charge on any atom is 0.406 e. The predicted molar refractivity (Wildman–Crippen MR) is 139 cm³/mol. The van der Waals surface area contributed by atoms with Gasteiger partial charge in [-0.25, -0.2) is 9.59 Å². The fourth-order valence-corrected chi connectivity index (χ4v) is 5.34. The summed E-state index contributed by atoms with van der Waals surface area (Å²) in [5.41, 5.74) is 0.971. The molecular formula is C26H41ClN4O5. The molecule has 3 amide bonds. The highest BCUT2D eigenvalue weighted by Crippen LogP contribution is 2.34. The summed E-state index contributed by atoms with van der Waals surface area (Å²) in [5, 5.41) is 9.76. The van der Waals surface area contributed by atoms with Crippen LogP contribution in [0.1, 0.15) is 43.8 Å². The number of methoxy groups -OCH3 is 1. The van der Waals surface area contributed by atoms with Crippen LogP contribution in [-0.4, -0.2) is 83.2 Å². The third-order valence-electron chi connectivity index (χ3n) is 6.86. The minimum absolute atomic E-state index is 0.0334. The Bertz CT molecular complexity index is 823. The van der Waals surface area contributed by atoms with Crippen molar-refractivity contribution in [1.82, 2.24) is 20.9 Å². The fraction of sp³-hybridized carbons (Fsp3) is 0.692. The number of nitrogens with one attached hydrogen (secondary N) is 3. The largest absolute Gasteiger partial charge is 0.453 e. The van der Waals surface area contributed by atoms with Crippen molar-refractivity contribution in [2.24, 2.45) is 11.8 Å². The minimum Gasteiger partial charge on any atom is -0.453 e. The molecule has 3 N–H and O–H groups in total. The molecule has 2 fully saturated rings. The SMILES string of the molecule is CNC[C@@H](C[C@H]1CCCOC1)NC(=O)N1CCCC([C@@H](OCCNC(=O)OC)c2cccc(Cl)c2)C1. The van der Waals surface area contributed by atoms with E-state index in [0.29, 0.717) is 37.2 Å². The summed E-state index contributed by atoms with van der Waals surface area (Å²) in [7, 11) is 3.24. The zero-order valence-corrected chi connectivity index (χ0v) is 22.2. The molecule has 1 aromatic carbocycles. The van der Waals surface area contributed by atoms with Crippen molar-refractivity contribution in [1.29, 1.82) is 0 Å². The number of halogens is 1. The first-order chi connectivity index (χ1) is 17.5. The first kappa shape index (κ1) is 28.5. The van der Waals surface area contributed by atoms with Crippen LogP contribution in [0.3, 0.4) is 0 Å². The molecule has 9 nitrogen and oxygen atoms in total. The van der Waals surface area contributed by atoms with E-state index in [1.54, 1.807) is 0 Å². The third-order valence-corrected chi connectivity index (χ3v) is 7.09. The van der Waals surface area contributed by atoms with E-state index in [2.05, 4.69) is 20.7 Å². The van der Waals surface area contributed by atoms with Crippen molar-refractivity contribution in [3.8, 4) is 0 Å². The number of benzene rings is 1. The maximum atomic E-state index is 13.3. The molecule has 0 aromatic heterocycles. The average molecular weight is 525 g/mol. The monoisotopic (exact) mass is 524 g/mol. The van der Waals surface area contributed by atoms with E-state index < -0.39 is 6.09 Å². The maximum absolute atomic E-state index is 13.3. The first-order valence-electron chi connectivity index (χ1n) is 13.0. The molecule has 1 aromatic rings. The van der Waals surface area contributed by atoms with E-state index in [-0.39, 0.29) is 24.1 Å². The summed E-state index contributed by atoms with van der Waals surface area (Å²) < 4.78 is 16.5. The summed E-state index contributed by atoms with van der Waals surface area (Å²) in [4.78, 5) is 26.6. The van der Waals surface area contributed by atoms with Crippen LogP contribution in [0.5, 0.6) is 0 Å². The molecule has 2 aliphatic rings. The number of hydrogen-bond acceptors (Lipinski definition) is 6. The van der Waals surface area contributed by atoms with Crippen LogP contribution in [0.15, 0.2) is 24.3 Å². The Labute approximate surface area is 219 Å². The van der Waals surface area contributed by atoms with Crippen LogP contribution in [0.4, 0.5) is 9.59 Å². The van der Waals surface area contributed by atoms with Crippen LogP contribution in [-0.2, 0) is 14.2 Å². The molecule has 0 bridgehead atoms. The Morgan fingerprint density at radius 1 is 1.28 bits per heavy atom. The molecule has 10 heteroatoms. The Kier molecular flexibility index (Phi) is 12.1. The fourth-order valence-electron chi connectivity index (χ4n) is 5.14. The van der Waals surface area contributed by atoms with Crippen molar-refractivity contribution in [2.45, 2.75) is 44.2 Å². The smallest absolute Gasteiger partial charge is 0.406 e. The highest BCUT2D eigenvalue weighted by Gasteiger charge is 2.32. The lowest BCUT2D eigenvalue weighted by Crippen LogP contribution is -2.52. The number of likely N-dealkylation sites (N-methyl/N-ethyl adjacent to an activating group) is 1. The van der Waals surface area contributed by atoms with Crippen molar-refractivity contribution < 1.29 is 23.8 Å². The third kappa shape index (κ3) is 9.10. The van der Waals surface area contributed by atoms with Crippen molar-refractivity contribution in [2.75, 3.05) is 60.2 Å². The Hall–Kier alpha value is -2.07. The second-order valence-electron chi connectivity index (χ2n) is 9.64. The number of ether oxygens (including phenoxy) is 3. The zero-order chi connectivity index (χ0) is 25.8. The van der Waals surface area contributed by atoms with Gasteiger partial charge in [-0.1, -0.05) is 23.7 Å². The van der Waals surface area contributed by atoms with Crippen LogP contribution >= 0.6 is 11.6 Å². The van der Waals surface area contributed by atoms with E-state index in [4.69, 9.17) is 21.1 Å². The van der Waals surface area contributed by atoms with Crippen LogP contribution in [0.25, 0.3) is 0 Å². The summed E-state index contributed by atoms with van der Waals surface area (Å²) in [6.45, 7) is 4.29. The molecule has 2 aliphatic heterocycles. The Morgan fingerprint density at radius 2 is 2.14 bits per heavy atom. The molecule has 202 valence electrons. The number of carbonyl (C=O) groups is 2. The van der Waals surface area contributed by atoms with Crippen molar-refractivity contribution in [3.05, 3.63) is 34.9 Å². The van der Waals surface area contributed by atoms with E-state index in [0.717, 1.165) is 57.4 Å². The number of likely N-dealkylation sites (tertiary alicyclic amines) is 1. The Morgan fingerprint density at radius 3 is 2.86 bits per heavy atom. The van der Waals surface area contributed by atoms with Crippen LogP contribution in [0.2, 0.25) is 5.02 Å². The van der Waals surface area contributed by atoms with E-state index >= 15 is 0 Å². The molecule has 2 heterocycles. The van der Waals surface area contributed by atoms with Crippen LogP contribution in [0, 0.1) is 11.8 Å². The number of hydrogen-bond donors (Lipinski definition) is 3. The van der Waals surface area contributed by atoms with E-state index in [9.17, 15) is 9.59 Å². The lowest BCUT2D eigenvalue weighted by Gasteiger charge is -2.38. The lowest BCUT2D eigenvalue weighted by atomic mass is 9.88. The molecule has 0 saturated carbocycles. The quantitative estimate of drug-likeness (QED) is 0.382. The molecular weight excluding hydrogens is 484 g/mol. The van der Waals surface area contributed by atoms with Crippen molar-refractivity contribution in [3.63, 3.8) is 0 Å². The molecule has 3 rings (SSSR count). The number of rotatable bonds is 11. The van der Waals surface area contributed by atoms with Gasteiger partial charge in [-0.05, 0) is 62.8 Å². The number of urea groups is 1. The highest BCUT2D eigenvalue weighted by atomic mass is 35.5. The number of carbonyl (C=O) groups excluding carboxylic acids is 2. The second-order valence-corrected chi connectivity index (χ2v) is 10.1. The van der Waals surface area contributed by atoms with Gasteiger partial charge in [0.2, 0.25) is 0 Å². The molecule has 1 unspecified atom stereocenters. The summed E-state index contributed by atoms with van der Waals surface area (Å²) >= 11 is 6.28. The summed E-state index contributed by atoms with van der Waals surface area (Å²) in [5.74, 6) is 0.585. The summed E-state index contributed by atoms with van der Waals surface area (Å²) in [6, 6.07) is 7.67. The minimum atomic E-state index is -0.491. The zero-order valence-electron chi connectivity index (χ0n) is 21.5. The van der Waals surface area contributed by atoms with Gasteiger partial charge in [0.15, 0.2) is 0 Å². The van der Waals surface area contributed by atoms with Crippen LogP contribution < -0.4 is 16.0 Å². The van der Waals surface area contributed by atoms with Gasteiger partial charge in [0.1, 0.15) is 0 Å². The second kappa shape index (κ2) is 15.2. The number of nitrogens with zero attached hydrogens (tertiary/aromatic N) is 1. The van der Waals surface area contributed by atoms with Gasteiger partial charge in [0.05, 0.1) is 19.8 Å².